The molecule has 0 N–H and O–H groups in total. The van der Waals surface area contributed by atoms with Crippen LogP contribution < -0.4 is 0 Å². The van der Waals surface area contributed by atoms with E-state index < -0.39 is 19.8 Å². The predicted molar refractivity (Wildman–Crippen MR) is 130 cm³/mol. The molecule has 0 saturated carbocycles. The van der Waals surface area contributed by atoms with Crippen molar-refractivity contribution in [1.29, 1.82) is 0 Å². The molecule has 0 heterocycles. The van der Waals surface area contributed by atoms with Crippen LogP contribution >= 0.6 is 7.82 Å². The maximum Gasteiger partial charge on any atom is 0.475 e. The van der Waals surface area contributed by atoms with Crippen molar-refractivity contribution in [2.45, 2.75) is 59.0 Å². The summed E-state index contributed by atoms with van der Waals surface area (Å²) < 4.78 is 39.7. The molecule has 0 amide bonds. The summed E-state index contributed by atoms with van der Waals surface area (Å²) in [5, 5.41) is 0. The smallest absolute Gasteiger partial charge is 0.462 e. The number of hydrogen-bond donors (Lipinski definition) is 0. The van der Waals surface area contributed by atoms with Crippen LogP contribution in [0.2, 0.25) is 0 Å². The molecule has 1 rings (SSSR count). The lowest BCUT2D eigenvalue weighted by Crippen LogP contribution is -2.07. The fourth-order valence-electron chi connectivity index (χ4n) is 2.53. The van der Waals surface area contributed by atoms with Crippen LogP contribution in [0.4, 0.5) is 0 Å². The summed E-state index contributed by atoms with van der Waals surface area (Å²) in [5.74, 6) is -0.810. The van der Waals surface area contributed by atoms with E-state index in [4.69, 9.17) is 23.0 Å². The molecule has 1 aromatic carbocycles. The van der Waals surface area contributed by atoms with Crippen molar-refractivity contribution in [3.05, 3.63) is 60.2 Å². The van der Waals surface area contributed by atoms with Gasteiger partial charge in [-0.25, -0.2) is 14.2 Å². The second-order valence-corrected chi connectivity index (χ2v) is 9.50. The number of carbonyl (C=O) groups excluding carboxylic acids is 2. The number of carbonyl (C=O) groups is 2. The minimum Gasteiger partial charge on any atom is -0.462 e. The van der Waals surface area contributed by atoms with Gasteiger partial charge in [0.15, 0.2) is 0 Å². The minimum atomic E-state index is -3.75. The van der Waals surface area contributed by atoms with Gasteiger partial charge in [-0.05, 0) is 57.9 Å². The highest BCUT2D eigenvalue weighted by molar-refractivity contribution is 7.48. The summed E-state index contributed by atoms with van der Waals surface area (Å²) in [7, 11) is -3.75. The Kier molecular flexibility index (Phi) is 15.1. The number of ether oxygens (including phenoxy) is 2. The third kappa shape index (κ3) is 14.1. The zero-order valence-electron chi connectivity index (χ0n) is 20.3. The summed E-state index contributed by atoms with van der Waals surface area (Å²) in [6, 6.07) is 9.35. The molecule has 0 aliphatic heterocycles. The number of unbranched alkanes of at least 4 members (excludes halogenated alkanes) is 4. The van der Waals surface area contributed by atoms with Gasteiger partial charge in [0.2, 0.25) is 0 Å². The number of phosphoric acid groups is 1. The van der Waals surface area contributed by atoms with E-state index in [2.05, 4.69) is 13.2 Å². The van der Waals surface area contributed by atoms with Crippen LogP contribution in [0.3, 0.4) is 0 Å². The van der Waals surface area contributed by atoms with Gasteiger partial charge in [0, 0.05) is 11.1 Å². The van der Waals surface area contributed by atoms with Crippen molar-refractivity contribution in [3.8, 4) is 0 Å². The Morgan fingerprint density at radius 3 is 1.59 bits per heavy atom. The van der Waals surface area contributed by atoms with Gasteiger partial charge in [-0.2, -0.15) is 0 Å². The molecule has 0 fully saturated rings. The maximum atomic E-state index is 13.1. The van der Waals surface area contributed by atoms with E-state index in [1.807, 2.05) is 30.3 Å². The van der Waals surface area contributed by atoms with E-state index in [1.54, 1.807) is 13.8 Å². The average molecular weight is 497 g/mol. The zero-order chi connectivity index (χ0) is 25.2. The number of rotatable bonds is 19. The van der Waals surface area contributed by atoms with E-state index >= 15 is 0 Å². The second-order valence-electron chi connectivity index (χ2n) is 7.83. The molecule has 9 heteroatoms. The highest BCUT2D eigenvalue weighted by Gasteiger charge is 2.26. The summed E-state index contributed by atoms with van der Waals surface area (Å²) >= 11 is 0. The first kappa shape index (κ1) is 29.8. The van der Waals surface area contributed by atoms with Crippen molar-refractivity contribution < 1.29 is 37.2 Å². The van der Waals surface area contributed by atoms with Gasteiger partial charge in [-0.3, -0.25) is 13.6 Å². The lowest BCUT2D eigenvalue weighted by Gasteiger charge is -2.18. The Hall–Kier alpha value is -2.25. The van der Waals surface area contributed by atoms with Crippen LogP contribution in [0.1, 0.15) is 57.9 Å². The Bertz CT molecular complexity index is 777. The summed E-state index contributed by atoms with van der Waals surface area (Å²) in [4.78, 5) is 22.7. The molecule has 0 saturated heterocycles. The highest BCUT2D eigenvalue weighted by Crippen LogP contribution is 2.50. The molecule has 1 aromatic rings. The first-order valence-corrected chi connectivity index (χ1v) is 12.9. The lowest BCUT2D eigenvalue weighted by molar-refractivity contribution is -0.139. The Morgan fingerprint density at radius 1 is 0.706 bits per heavy atom. The molecular weight excluding hydrogens is 459 g/mol. The van der Waals surface area contributed by atoms with E-state index in [9.17, 15) is 14.2 Å². The Labute approximate surface area is 202 Å². The van der Waals surface area contributed by atoms with Crippen LogP contribution in [-0.4, -0.2) is 38.4 Å². The zero-order valence-corrected chi connectivity index (χ0v) is 21.2. The van der Waals surface area contributed by atoms with Gasteiger partial charge in [0.1, 0.15) is 0 Å². The van der Waals surface area contributed by atoms with E-state index in [1.165, 1.54) is 0 Å². The second kappa shape index (κ2) is 17.2. The van der Waals surface area contributed by atoms with Crippen LogP contribution in [0.5, 0.6) is 0 Å². The van der Waals surface area contributed by atoms with Gasteiger partial charge in [-0.1, -0.05) is 43.5 Å². The fourth-order valence-corrected chi connectivity index (χ4v) is 3.77. The fraction of sp³-hybridized carbons (Fsp3) is 0.520. The Balaban J connectivity index is 2.36. The molecule has 0 aliphatic rings. The maximum absolute atomic E-state index is 13.1. The third-order valence-electron chi connectivity index (χ3n) is 4.47. The molecule has 190 valence electrons. The number of esters is 2. The predicted octanol–water partition coefficient (Wildman–Crippen LogP) is 5.92. The molecular formula is C25H37O8P. The van der Waals surface area contributed by atoms with Crippen molar-refractivity contribution in [2.75, 3.05) is 26.4 Å². The normalized spacial score (nSPS) is 11.1. The molecule has 0 aromatic heterocycles. The first-order chi connectivity index (χ1) is 16.2. The van der Waals surface area contributed by atoms with Gasteiger partial charge in [-0.15, -0.1) is 0 Å². The van der Waals surface area contributed by atoms with Crippen LogP contribution in [0.25, 0.3) is 0 Å². The van der Waals surface area contributed by atoms with Crippen molar-refractivity contribution in [1.82, 2.24) is 0 Å². The number of phosphoric ester groups is 1. The minimum absolute atomic E-state index is 0.103. The van der Waals surface area contributed by atoms with Crippen LogP contribution in [-0.2, 0) is 43.8 Å². The third-order valence-corrected chi connectivity index (χ3v) is 5.91. The number of benzene rings is 1. The van der Waals surface area contributed by atoms with Gasteiger partial charge in [0.05, 0.1) is 33.0 Å². The molecule has 0 atom stereocenters. The molecule has 0 radical (unpaired) electrons. The molecule has 0 spiro atoms. The quantitative estimate of drug-likeness (QED) is 0.101. The van der Waals surface area contributed by atoms with E-state index in [-0.39, 0.29) is 19.8 Å². The van der Waals surface area contributed by atoms with Crippen molar-refractivity contribution >= 4 is 19.8 Å². The highest BCUT2D eigenvalue weighted by atomic mass is 31.2. The number of hydrogen-bond acceptors (Lipinski definition) is 8. The summed E-state index contributed by atoms with van der Waals surface area (Å²) in [6.45, 7) is 11.3. The summed E-state index contributed by atoms with van der Waals surface area (Å²) in [6.07, 6.45) is 4.00. The van der Waals surface area contributed by atoms with Gasteiger partial charge in [0.25, 0.3) is 0 Å². The van der Waals surface area contributed by atoms with Gasteiger partial charge < -0.3 is 9.47 Å². The molecule has 8 nitrogen and oxygen atoms in total. The van der Waals surface area contributed by atoms with Crippen molar-refractivity contribution in [3.63, 3.8) is 0 Å². The monoisotopic (exact) mass is 496 g/mol. The first-order valence-electron chi connectivity index (χ1n) is 11.5. The summed E-state index contributed by atoms with van der Waals surface area (Å²) in [5.41, 5.74) is 1.59. The standard InChI is InChI=1S/C25H37O8P/c1-21(2)24(26)29-16-10-6-12-18-31-34(28,33-20-23-14-8-5-9-15-23)32-19-13-7-11-17-30-25(27)22(3)4/h5,8-9,14-15H,1,3,6-7,10-13,16-20H2,2,4H3. The van der Waals surface area contributed by atoms with E-state index in [0.717, 1.165) is 18.4 Å². The van der Waals surface area contributed by atoms with E-state index in [0.29, 0.717) is 50.0 Å². The molecule has 0 aliphatic carbocycles. The SMILES string of the molecule is C=C(C)C(=O)OCCCCCOP(=O)(OCCCCCOC(=O)C(=C)C)OCc1ccccc1. The molecule has 34 heavy (non-hydrogen) atoms. The molecule has 0 unspecified atom stereocenters. The van der Waals surface area contributed by atoms with Crippen LogP contribution in [0.15, 0.2) is 54.6 Å². The topological polar surface area (TPSA) is 97.4 Å². The Morgan fingerprint density at radius 2 is 1.15 bits per heavy atom. The molecule has 0 bridgehead atoms. The van der Waals surface area contributed by atoms with Crippen molar-refractivity contribution in [2.24, 2.45) is 0 Å². The van der Waals surface area contributed by atoms with Gasteiger partial charge >= 0.3 is 19.8 Å². The lowest BCUT2D eigenvalue weighted by atomic mass is 10.2. The average Bonchev–Trinajstić information content (AvgIpc) is 2.81. The van der Waals surface area contributed by atoms with Crippen LogP contribution in [0, 0.1) is 0 Å². The largest absolute Gasteiger partial charge is 0.475 e.